The third-order valence-electron chi connectivity index (χ3n) is 2.73. The van der Waals surface area contributed by atoms with E-state index in [1.807, 2.05) is 6.07 Å². The molecule has 1 aromatic carbocycles. The monoisotopic (exact) mass is 270 g/mol. The maximum atomic E-state index is 11.6. The van der Waals surface area contributed by atoms with Crippen LogP contribution in [0.1, 0.15) is 17.5 Å². The van der Waals surface area contributed by atoms with Crippen LogP contribution in [0.15, 0.2) is 18.2 Å². The van der Waals surface area contributed by atoms with Crippen molar-refractivity contribution < 1.29 is 8.42 Å². The summed E-state index contributed by atoms with van der Waals surface area (Å²) in [6.07, 6.45) is 0.663. The van der Waals surface area contributed by atoms with E-state index in [0.717, 1.165) is 5.56 Å². The summed E-state index contributed by atoms with van der Waals surface area (Å²) >= 11 is 6.01. The molecule has 0 bridgehead atoms. The fourth-order valence-corrected chi connectivity index (χ4v) is 3.54. The summed E-state index contributed by atoms with van der Waals surface area (Å²) < 4.78 is 24.7. The minimum Gasteiger partial charge on any atom is -0.212 e. The van der Waals surface area contributed by atoms with Crippen molar-refractivity contribution in [2.24, 2.45) is 0 Å². The van der Waals surface area contributed by atoms with E-state index in [1.54, 1.807) is 18.2 Å². The zero-order chi connectivity index (χ0) is 12.5. The number of nitrogens with zero attached hydrogens (tertiary/aromatic N) is 2. The van der Waals surface area contributed by atoms with E-state index >= 15 is 0 Å². The van der Waals surface area contributed by atoms with Gasteiger partial charge in [0, 0.05) is 18.1 Å². The van der Waals surface area contributed by atoms with Gasteiger partial charge in [0.25, 0.3) is 0 Å². The molecule has 6 heteroatoms. The largest absolute Gasteiger partial charge is 0.214 e. The molecule has 1 aliphatic heterocycles. The Balaban J connectivity index is 2.23. The average Bonchev–Trinajstić information content (AvgIpc) is 2.61. The van der Waals surface area contributed by atoms with Crippen LogP contribution in [0, 0.1) is 11.3 Å². The minimum atomic E-state index is -3.11. The molecule has 0 radical (unpaired) electrons. The Morgan fingerprint density at radius 2 is 2.24 bits per heavy atom. The lowest BCUT2D eigenvalue weighted by molar-refractivity contribution is 0.440. The molecule has 0 N–H and O–H groups in total. The molecule has 0 aliphatic carbocycles. The molecule has 1 heterocycles. The van der Waals surface area contributed by atoms with E-state index in [0.29, 0.717) is 23.6 Å². The van der Waals surface area contributed by atoms with Crippen molar-refractivity contribution in [2.75, 3.05) is 12.3 Å². The molecule has 4 nitrogen and oxygen atoms in total. The molecule has 1 aromatic rings. The molecule has 0 amide bonds. The van der Waals surface area contributed by atoms with E-state index < -0.39 is 10.0 Å². The number of hydrogen-bond acceptors (Lipinski definition) is 3. The zero-order valence-electron chi connectivity index (χ0n) is 9.06. The summed E-state index contributed by atoms with van der Waals surface area (Å²) in [7, 11) is -3.11. The molecule has 1 aliphatic rings. The van der Waals surface area contributed by atoms with Crippen molar-refractivity contribution in [1.29, 1.82) is 5.26 Å². The SMILES string of the molecule is N#Cc1ccc(CN2CCCS2(=O)=O)c(Cl)c1. The molecule has 1 fully saturated rings. The molecule has 0 aromatic heterocycles. The van der Waals surface area contributed by atoms with Crippen molar-refractivity contribution >= 4 is 21.6 Å². The van der Waals surface area contributed by atoms with Gasteiger partial charge in [-0.05, 0) is 24.1 Å². The van der Waals surface area contributed by atoms with Gasteiger partial charge in [-0.3, -0.25) is 0 Å². The smallest absolute Gasteiger partial charge is 0.212 e. The van der Waals surface area contributed by atoms with Gasteiger partial charge >= 0.3 is 0 Å². The van der Waals surface area contributed by atoms with Crippen molar-refractivity contribution in [2.45, 2.75) is 13.0 Å². The molecule has 17 heavy (non-hydrogen) atoms. The lowest BCUT2D eigenvalue weighted by Gasteiger charge is -2.15. The number of benzene rings is 1. The first-order valence-corrected chi connectivity index (χ1v) is 7.18. The van der Waals surface area contributed by atoms with Crippen molar-refractivity contribution in [3.05, 3.63) is 34.3 Å². The van der Waals surface area contributed by atoms with Gasteiger partial charge in [0.1, 0.15) is 0 Å². The number of rotatable bonds is 2. The van der Waals surface area contributed by atoms with Crippen LogP contribution in [0.2, 0.25) is 5.02 Å². The average molecular weight is 271 g/mol. The lowest BCUT2D eigenvalue weighted by atomic mass is 10.1. The van der Waals surface area contributed by atoms with Gasteiger partial charge in [0.15, 0.2) is 0 Å². The van der Waals surface area contributed by atoms with Crippen LogP contribution in [0.25, 0.3) is 0 Å². The highest BCUT2D eigenvalue weighted by atomic mass is 35.5. The summed E-state index contributed by atoms with van der Waals surface area (Å²) in [5.41, 5.74) is 1.21. The molecule has 0 atom stereocenters. The summed E-state index contributed by atoms with van der Waals surface area (Å²) in [5.74, 6) is 0.209. The van der Waals surface area contributed by atoms with E-state index in [-0.39, 0.29) is 12.3 Å². The molecule has 2 rings (SSSR count). The summed E-state index contributed by atoms with van der Waals surface area (Å²) in [5, 5.41) is 9.14. The standard InChI is InChI=1S/C11H11ClN2O2S/c12-11-6-9(7-13)2-3-10(11)8-14-4-1-5-17(14,15)16/h2-3,6H,1,4-5,8H2. The summed E-state index contributed by atoms with van der Waals surface area (Å²) in [6.45, 7) is 0.825. The highest BCUT2D eigenvalue weighted by Gasteiger charge is 2.28. The number of halogens is 1. The Morgan fingerprint density at radius 3 is 2.76 bits per heavy atom. The normalized spacial score (nSPS) is 19.1. The molecule has 1 saturated heterocycles. The van der Waals surface area contributed by atoms with Crippen molar-refractivity contribution in [3.8, 4) is 6.07 Å². The van der Waals surface area contributed by atoms with Crippen LogP contribution >= 0.6 is 11.6 Å². The Hall–Kier alpha value is -1.09. The first kappa shape index (κ1) is 12.4. The third kappa shape index (κ3) is 2.60. The second kappa shape index (κ2) is 4.65. The number of nitriles is 1. The minimum absolute atomic E-state index is 0.209. The number of hydrogen-bond donors (Lipinski definition) is 0. The van der Waals surface area contributed by atoms with E-state index in [4.69, 9.17) is 16.9 Å². The number of sulfonamides is 1. The van der Waals surface area contributed by atoms with Crippen LogP contribution in [0.5, 0.6) is 0 Å². The first-order chi connectivity index (χ1) is 8.03. The second-order valence-electron chi connectivity index (χ2n) is 3.92. The molecular weight excluding hydrogens is 260 g/mol. The van der Waals surface area contributed by atoms with Gasteiger partial charge in [0.05, 0.1) is 17.4 Å². The van der Waals surface area contributed by atoms with Gasteiger partial charge in [-0.2, -0.15) is 9.57 Å². The van der Waals surface area contributed by atoms with Gasteiger partial charge in [-0.1, -0.05) is 17.7 Å². The van der Waals surface area contributed by atoms with Gasteiger partial charge in [-0.25, -0.2) is 8.42 Å². The maximum absolute atomic E-state index is 11.6. The molecule has 0 unspecified atom stereocenters. The zero-order valence-corrected chi connectivity index (χ0v) is 10.6. The first-order valence-electron chi connectivity index (χ1n) is 5.19. The van der Waals surface area contributed by atoms with E-state index in [9.17, 15) is 8.42 Å². The Labute approximate surface area is 105 Å². The molecule has 90 valence electrons. The maximum Gasteiger partial charge on any atom is 0.214 e. The summed E-state index contributed by atoms with van der Waals surface area (Å²) in [4.78, 5) is 0. The van der Waals surface area contributed by atoms with Gasteiger partial charge in [-0.15, -0.1) is 0 Å². The van der Waals surface area contributed by atoms with Crippen LogP contribution in [0.4, 0.5) is 0 Å². The van der Waals surface area contributed by atoms with Gasteiger partial charge in [0.2, 0.25) is 10.0 Å². The predicted octanol–water partition coefficient (Wildman–Crippen LogP) is 1.75. The van der Waals surface area contributed by atoms with Crippen LogP contribution in [-0.4, -0.2) is 25.0 Å². The summed E-state index contributed by atoms with van der Waals surface area (Å²) in [6, 6.07) is 6.89. The molecule has 0 saturated carbocycles. The van der Waals surface area contributed by atoms with Crippen molar-refractivity contribution in [3.63, 3.8) is 0 Å². The topological polar surface area (TPSA) is 61.2 Å². The fraction of sp³-hybridized carbons (Fsp3) is 0.364. The van der Waals surface area contributed by atoms with Crippen LogP contribution < -0.4 is 0 Å². The molecular formula is C11H11ClN2O2S. The predicted molar refractivity (Wildman–Crippen MR) is 65.0 cm³/mol. The van der Waals surface area contributed by atoms with Crippen LogP contribution in [-0.2, 0) is 16.6 Å². The van der Waals surface area contributed by atoms with Crippen LogP contribution in [0.3, 0.4) is 0 Å². The Morgan fingerprint density at radius 1 is 1.47 bits per heavy atom. The van der Waals surface area contributed by atoms with E-state index in [1.165, 1.54) is 4.31 Å². The highest BCUT2D eigenvalue weighted by Crippen LogP contribution is 2.23. The Kier molecular flexibility index (Phi) is 3.38. The second-order valence-corrected chi connectivity index (χ2v) is 6.42. The third-order valence-corrected chi connectivity index (χ3v) is 4.99. The highest BCUT2D eigenvalue weighted by molar-refractivity contribution is 7.89. The Bertz CT molecular complexity index is 578. The lowest BCUT2D eigenvalue weighted by Crippen LogP contribution is -2.25. The van der Waals surface area contributed by atoms with Crippen molar-refractivity contribution in [1.82, 2.24) is 4.31 Å². The quantitative estimate of drug-likeness (QED) is 0.822. The fourth-order valence-electron chi connectivity index (χ4n) is 1.80. The van der Waals surface area contributed by atoms with E-state index in [2.05, 4.69) is 0 Å². The molecule has 0 spiro atoms. The van der Waals surface area contributed by atoms with Gasteiger partial charge < -0.3 is 0 Å².